The van der Waals surface area contributed by atoms with Crippen molar-refractivity contribution in [3.8, 4) is 0 Å². The number of benzene rings is 1. The van der Waals surface area contributed by atoms with Gasteiger partial charge in [-0.3, -0.25) is 10.1 Å². The van der Waals surface area contributed by atoms with Gasteiger partial charge < -0.3 is 10.5 Å². The van der Waals surface area contributed by atoms with E-state index in [0.29, 0.717) is 0 Å². The molecule has 2 amide bonds. The van der Waals surface area contributed by atoms with Crippen molar-refractivity contribution in [2.24, 2.45) is 5.73 Å². The van der Waals surface area contributed by atoms with Crippen molar-refractivity contribution < 1.29 is 14.3 Å². The molecular formula is C19H24N2O3. The molecule has 0 atom stereocenters. The standard InChI is InChI=1S/C19H24N2O3/c1-2-6-13(12-17(20)22)14-7-8-16-15(11-14)19(24-18(23)21-16)9-4-3-5-10-19/h7-8,11-12H,2-6,9-10H2,1H3,(H2,20,22)(H,21,23)/b13-12-. The Labute approximate surface area is 142 Å². The van der Waals surface area contributed by atoms with Crippen molar-refractivity contribution in [1.29, 1.82) is 0 Å². The van der Waals surface area contributed by atoms with Gasteiger partial charge >= 0.3 is 6.09 Å². The number of carbonyl (C=O) groups is 2. The summed E-state index contributed by atoms with van der Waals surface area (Å²) in [7, 11) is 0. The molecule has 3 N–H and O–H groups in total. The Kier molecular flexibility index (Phi) is 4.60. The highest BCUT2D eigenvalue weighted by molar-refractivity contribution is 5.95. The molecule has 0 aromatic heterocycles. The quantitative estimate of drug-likeness (QED) is 0.817. The van der Waals surface area contributed by atoms with Gasteiger partial charge in [-0.2, -0.15) is 0 Å². The van der Waals surface area contributed by atoms with Crippen LogP contribution in [0.1, 0.15) is 63.0 Å². The number of amides is 2. The molecule has 0 saturated heterocycles. The third-order valence-electron chi connectivity index (χ3n) is 4.90. The normalized spacial score (nSPS) is 19.4. The maximum atomic E-state index is 12.0. The fraction of sp³-hybridized carbons (Fsp3) is 0.474. The van der Waals surface area contributed by atoms with E-state index in [2.05, 4.69) is 18.3 Å². The fourth-order valence-corrected chi connectivity index (χ4v) is 3.83. The lowest BCUT2D eigenvalue weighted by molar-refractivity contribution is -0.113. The predicted octanol–water partition coefficient (Wildman–Crippen LogP) is 4.08. The van der Waals surface area contributed by atoms with Crippen molar-refractivity contribution in [3.05, 3.63) is 35.4 Å². The number of hydrogen-bond acceptors (Lipinski definition) is 3. The molecule has 0 bridgehead atoms. The van der Waals surface area contributed by atoms with Gasteiger partial charge in [0.2, 0.25) is 5.91 Å². The maximum absolute atomic E-state index is 12.0. The van der Waals surface area contributed by atoms with E-state index in [1.165, 1.54) is 12.5 Å². The van der Waals surface area contributed by atoms with Crippen LogP contribution in [0.3, 0.4) is 0 Å². The first-order valence-electron chi connectivity index (χ1n) is 8.69. The van der Waals surface area contributed by atoms with Crippen LogP contribution in [0.15, 0.2) is 24.3 Å². The minimum absolute atomic E-state index is 0.376. The van der Waals surface area contributed by atoms with E-state index in [0.717, 1.165) is 60.9 Å². The van der Waals surface area contributed by atoms with Gasteiger partial charge in [-0.15, -0.1) is 0 Å². The first-order chi connectivity index (χ1) is 11.5. The van der Waals surface area contributed by atoms with Crippen LogP contribution in [-0.4, -0.2) is 12.0 Å². The van der Waals surface area contributed by atoms with Gasteiger partial charge in [0.05, 0.1) is 5.69 Å². The summed E-state index contributed by atoms with van der Waals surface area (Å²) in [6.07, 6.45) is 7.80. The molecule has 2 aliphatic rings. The van der Waals surface area contributed by atoms with E-state index in [-0.39, 0.29) is 6.09 Å². The number of nitrogens with two attached hydrogens (primary N) is 1. The third-order valence-corrected chi connectivity index (χ3v) is 4.90. The Balaban J connectivity index is 2.06. The zero-order chi connectivity index (χ0) is 17.2. The van der Waals surface area contributed by atoms with Crippen molar-refractivity contribution in [2.45, 2.75) is 57.5 Å². The SMILES string of the molecule is CCC/C(=C/C(N)=O)c1ccc2c(c1)C1(CCCCC1)OC(=O)N2. The Bertz CT molecular complexity index is 688. The Morgan fingerprint density at radius 3 is 2.75 bits per heavy atom. The topological polar surface area (TPSA) is 81.4 Å². The number of ether oxygens (including phenoxy) is 1. The summed E-state index contributed by atoms with van der Waals surface area (Å²) in [6.45, 7) is 2.07. The summed E-state index contributed by atoms with van der Waals surface area (Å²) in [5, 5.41) is 2.80. The number of allylic oxidation sites excluding steroid dienone is 1. The average molecular weight is 328 g/mol. The summed E-state index contributed by atoms with van der Waals surface area (Å²) in [5.74, 6) is -0.437. The van der Waals surface area contributed by atoms with Crippen LogP contribution in [0.2, 0.25) is 0 Å². The van der Waals surface area contributed by atoms with E-state index in [1.807, 2.05) is 12.1 Å². The predicted molar refractivity (Wildman–Crippen MR) is 93.4 cm³/mol. The third kappa shape index (κ3) is 3.16. The number of fused-ring (bicyclic) bond motifs is 2. The Hall–Kier alpha value is -2.30. The second kappa shape index (κ2) is 6.67. The van der Waals surface area contributed by atoms with Gasteiger partial charge in [-0.1, -0.05) is 25.8 Å². The second-order valence-electron chi connectivity index (χ2n) is 6.65. The van der Waals surface area contributed by atoms with E-state index in [4.69, 9.17) is 10.5 Å². The van der Waals surface area contributed by atoms with Gasteiger partial charge in [-0.25, -0.2) is 4.79 Å². The molecule has 1 aliphatic carbocycles. The molecular weight excluding hydrogens is 304 g/mol. The zero-order valence-electron chi connectivity index (χ0n) is 14.1. The van der Waals surface area contributed by atoms with Gasteiger partial charge in [0.1, 0.15) is 5.60 Å². The van der Waals surface area contributed by atoms with Gasteiger partial charge in [-0.05, 0) is 55.4 Å². The van der Waals surface area contributed by atoms with Crippen LogP contribution in [0.25, 0.3) is 5.57 Å². The molecule has 1 spiro atoms. The number of carbonyl (C=O) groups excluding carboxylic acids is 2. The van der Waals surface area contributed by atoms with Gasteiger partial charge in [0.15, 0.2) is 0 Å². The molecule has 0 unspecified atom stereocenters. The average Bonchev–Trinajstić information content (AvgIpc) is 2.54. The van der Waals surface area contributed by atoms with Crippen molar-refractivity contribution in [3.63, 3.8) is 0 Å². The number of nitrogens with one attached hydrogen (secondary N) is 1. The molecule has 1 aromatic carbocycles. The number of primary amides is 1. The van der Waals surface area contributed by atoms with Crippen molar-refractivity contribution in [2.75, 3.05) is 5.32 Å². The monoisotopic (exact) mass is 328 g/mol. The van der Waals surface area contributed by atoms with Crippen LogP contribution in [0, 0.1) is 0 Å². The highest BCUT2D eigenvalue weighted by atomic mass is 16.6. The van der Waals surface area contributed by atoms with Gasteiger partial charge in [0, 0.05) is 11.6 Å². The lowest BCUT2D eigenvalue weighted by atomic mass is 9.77. The van der Waals surface area contributed by atoms with Crippen LogP contribution in [0.5, 0.6) is 0 Å². The minimum atomic E-state index is -0.532. The summed E-state index contributed by atoms with van der Waals surface area (Å²) in [5.41, 5.74) is 8.55. The smallest absolute Gasteiger partial charge is 0.412 e. The lowest BCUT2D eigenvalue weighted by Gasteiger charge is -2.41. The second-order valence-corrected chi connectivity index (χ2v) is 6.65. The highest BCUT2D eigenvalue weighted by Gasteiger charge is 2.42. The minimum Gasteiger partial charge on any atom is -0.438 e. The Morgan fingerprint density at radius 1 is 1.33 bits per heavy atom. The van der Waals surface area contributed by atoms with Crippen molar-refractivity contribution in [1.82, 2.24) is 0 Å². The first kappa shape index (κ1) is 16.6. The van der Waals surface area contributed by atoms with Crippen molar-refractivity contribution >= 4 is 23.3 Å². The molecule has 3 rings (SSSR count). The summed E-state index contributed by atoms with van der Waals surface area (Å²) < 4.78 is 5.76. The molecule has 1 heterocycles. The molecule has 128 valence electrons. The van der Waals surface area contributed by atoms with E-state index >= 15 is 0 Å². The molecule has 5 nitrogen and oxygen atoms in total. The molecule has 1 saturated carbocycles. The zero-order valence-corrected chi connectivity index (χ0v) is 14.1. The van der Waals surface area contributed by atoms with Crippen LogP contribution in [0.4, 0.5) is 10.5 Å². The fourth-order valence-electron chi connectivity index (χ4n) is 3.83. The van der Waals surface area contributed by atoms with Crippen LogP contribution >= 0.6 is 0 Å². The summed E-state index contributed by atoms with van der Waals surface area (Å²) in [6, 6.07) is 5.90. The maximum Gasteiger partial charge on any atom is 0.412 e. The molecule has 1 aromatic rings. The lowest BCUT2D eigenvalue weighted by Crippen LogP contribution is -2.41. The number of anilines is 1. The highest BCUT2D eigenvalue weighted by Crippen LogP contribution is 2.46. The van der Waals surface area contributed by atoms with Crippen LogP contribution < -0.4 is 11.1 Å². The van der Waals surface area contributed by atoms with Crippen LogP contribution in [-0.2, 0) is 15.1 Å². The van der Waals surface area contributed by atoms with E-state index in [9.17, 15) is 9.59 Å². The molecule has 24 heavy (non-hydrogen) atoms. The molecule has 1 aliphatic heterocycles. The number of rotatable bonds is 4. The van der Waals surface area contributed by atoms with E-state index in [1.54, 1.807) is 0 Å². The van der Waals surface area contributed by atoms with E-state index < -0.39 is 11.5 Å². The summed E-state index contributed by atoms with van der Waals surface area (Å²) >= 11 is 0. The molecule has 1 fully saturated rings. The largest absolute Gasteiger partial charge is 0.438 e. The number of hydrogen-bond donors (Lipinski definition) is 2. The first-order valence-corrected chi connectivity index (χ1v) is 8.69. The molecule has 0 radical (unpaired) electrons. The summed E-state index contributed by atoms with van der Waals surface area (Å²) in [4.78, 5) is 23.3. The van der Waals surface area contributed by atoms with Gasteiger partial charge in [0.25, 0.3) is 0 Å². The molecule has 5 heteroatoms. The Morgan fingerprint density at radius 2 is 2.08 bits per heavy atom.